The van der Waals surface area contributed by atoms with Crippen LogP contribution in [-0.2, 0) is 4.79 Å². The van der Waals surface area contributed by atoms with Crippen molar-refractivity contribution in [3.8, 4) is 11.5 Å². The topological polar surface area (TPSA) is 47.6 Å². The molecule has 1 N–H and O–H groups in total. The van der Waals surface area contributed by atoms with Gasteiger partial charge in [-0.25, -0.2) is 0 Å². The molecule has 1 saturated carbocycles. The van der Waals surface area contributed by atoms with Crippen LogP contribution in [0.1, 0.15) is 57.1 Å². The summed E-state index contributed by atoms with van der Waals surface area (Å²) in [5.41, 5.74) is 1.05. The quantitative estimate of drug-likeness (QED) is 0.904. The lowest BCUT2D eigenvalue weighted by Crippen LogP contribution is -2.27. The molecule has 1 amide bonds. The monoisotopic (exact) mass is 303 g/mol. The maximum Gasteiger partial charge on any atom is 0.220 e. The summed E-state index contributed by atoms with van der Waals surface area (Å²) in [6.45, 7) is 3.19. The first-order valence-electron chi connectivity index (χ1n) is 8.41. The Bertz CT molecular complexity index is 523. The van der Waals surface area contributed by atoms with E-state index in [9.17, 15) is 4.79 Å². The molecule has 1 aromatic rings. The van der Waals surface area contributed by atoms with E-state index in [0.29, 0.717) is 19.6 Å². The van der Waals surface area contributed by atoms with Gasteiger partial charge in [-0.3, -0.25) is 4.79 Å². The maximum atomic E-state index is 12.1. The fourth-order valence-electron chi connectivity index (χ4n) is 3.36. The molecule has 1 heterocycles. The van der Waals surface area contributed by atoms with Crippen molar-refractivity contribution in [1.29, 1.82) is 0 Å². The summed E-state index contributed by atoms with van der Waals surface area (Å²) in [4.78, 5) is 12.1. The molecule has 1 atom stereocenters. The summed E-state index contributed by atoms with van der Waals surface area (Å²) in [6, 6.07) is 5.88. The molecule has 22 heavy (non-hydrogen) atoms. The third kappa shape index (κ3) is 3.73. The second kappa shape index (κ2) is 7.03. The van der Waals surface area contributed by atoms with Crippen molar-refractivity contribution < 1.29 is 14.3 Å². The molecule has 2 aliphatic rings. The maximum absolute atomic E-state index is 12.1. The predicted molar refractivity (Wildman–Crippen MR) is 85.2 cm³/mol. The van der Waals surface area contributed by atoms with Gasteiger partial charge in [0, 0.05) is 6.42 Å². The van der Waals surface area contributed by atoms with Crippen LogP contribution < -0.4 is 14.8 Å². The van der Waals surface area contributed by atoms with Crippen LogP contribution in [0.25, 0.3) is 0 Å². The fourth-order valence-corrected chi connectivity index (χ4v) is 3.36. The van der Waals surface area contributed by atoms with E-state index in [0.717, 1.165) is 29.4 Å². The van der Waals surface area contributed by atoms with Crippen LogP contribution >= 0.6 is 0 Å². The number of carbonyl (C=O) groups excluding carboxylic acids is 1. The number of rotatable bonds is 5. The standard InChI is InChI=1S/C18H25NO3/c1-13(19-18(20)9-6-14-4-2-3-5-14)15-7-8-16-17(12-15)22-11-10-21-16/h7-8,12-14H,2-6,9-11H2,1H3,(H,19,20). The van der Waals surface area contributed by atoms with Gasteiger partial charge in [-0.2, -0.15) is 0 Å². The Labute approximate surface area is 132 Å². The van der Waals surface area contributed by atoms with E-state index in [-0.39, 0.29) is 11.9 Å². The van der Waals surface area contributed by atoms with Gasteiger partial charge in [0.25, 0.3) is 0 Å². The SMILES string of the molecule is CC(NC(=O)CCC1CCCC1)c1ccc2c(c1)OCCO2. The van der Waals surface area contributed by atoms with Crippen LogP contribution in [0.5, 0.6) is 11.5 Å². The number of carbonyl (C=O) groups is 1. The van der Waals surface area contributed by atoms with Crippen LogP contribution in [0.3, 0.4) is 0 Å². The highest BCUT2D eigenvalue weighted by atomic mass is 16.6. The minimum Gasteiger partial charge on any atom is -0.486 e. The number of ether oxygens (including phenoxy) is 2. The third-order valence-electron chi connectivity index (χ3n) is 4.70. The highest BCUT2D eigenvalue weighted by molar-refractivity contribution is 5.76. The van der Waals surface area contributed by atoms with Gasteiger partial charge in [-0.1, -0.05) is 31.7 Å². The van der Waals surface area contributed by atoms with Gasteiger partial charge in [-0.05, 0) is 37.0 Å². The second-order valence-corrected chi connectivity index (χ2v) is 6.38. The molecule has 4 heteroatoms. The van der Waals surface area contributed by atoms with Gasteiger partial charge in [-0.15, -0.1) is 0 Å². The van der Waals surface area contributed by atoms with Crippen molar-refractivity contribution in [1.82, 2.24) is 5.32 Å². The Morgan fingerprint density at radius 3 is 2.73 bits per heavy atom. The summed E-state index contributed by atoms with van der Waals surface area (Å²) in [7, 11) is 0. The zero-order chi connectivity index (χ0) is 15.4. The summed E-state index contributed by atoms with van der Waals surface area (Å²) in [6.07, 6.45) is 6.93. The van der Waals surface area contributed by atoms with Crippen LogP contribution in [0.4, 0.5) is 0 Å². The lowest BCUT2D eigenvalue weighted by Gasteiger charge is -2.21. The van der Waals surface area contributed by atoms with Crippen molar-refractivity contribution in [2.45, 2.75) is 51.5 Å². The first kappa shape index (κ1) is 15.2. The van der Waals surface area contributed by atoms with Crippen LogP contribution in [0.2, 0.25) is 0 Å². The first-order valence-corrected chi connectivity index (χ1v) is 8.41. The van der Waals surface area contributed by atoms with E-state index in [2.05, 4.69) is 5.32 Å². The molecule has 3 rings (SSSR count). The zero-order valence-electron chi connectivity index (χ0n) is 13.3. The minimum atomic E-state index is -0.00750. The number of hydrogen-bond acceptors (Lipinski definition) is 3. The average molecular weight is 303 g/mol. The van der Waals surface area contributed by atoms with Crippen molar-refractivity contribution in [2.75, 3.05) is 13.2 Å². The first-order chi connectivity index (χ1) is 10.7. The van der Waals surface area contributed by atoms with Crippen LogP contribution in [0.15, 0.2) is 18.2 Å². The lowest BCUT2D eigenvalue weighted by molar-refractivity contribution is -0.122. The Balaban J connectivity index is 1.52. The Morgan fingerprint density at radius 2 is 1.95 bits per heavy atom. The zero-order valence-corrected chi connectivity index (χ0v) is 13.3. The Hall–Kier alpha value is -1.71. The lowest BCUT2D eigenvalue weighted by atomic mass is 10.0. The van der Waals surface area contributed by atoms with Crippen molar-refractivity contribution >= 4 is 5.91 Å². The summed E-state index contributed by atoms with van der Waals surface area (Å²) in [5, 5.41) is 3.09. The molecule has 1 unspecified atom stereocenters. The largest absolute Gasteiger partial charge is 0.486 e. The molecule has 0 aromatic heterocycles. The second-order valence-electron chi connectivity index (χ2n) is 6.38. The van der Waals surface area contributed by atoms with Gasteiger partial charge < -0.3 is 14.8 Å². The van der Waals surface area contributed by atoms with Gasteiger partial charge in [0.2, 0.25) is 5.91 Å². The molecule has 0 bridgehead atoms. The molecule has 4 nitrogen and oxygen atoms in total. The van der Waals surface area contributed by atoms with E-state index < -0.39 is 0 Å². The molecule has 0 radical (unpaired) electrons. The average Bonchev–Trinajstić information content (AvgIpc) is 3.06. The third-order valence-corrected chi connectivity index (χ3v) is 4.70. The van der Waals surface area contributed by atoms with Gasteiger partial charge >= 0.3 is 0 Å². The molecule has 1 fully saturated rings. The predicted octanol–water partition coefficient (Wildman–Crippen LogP) is 3.61. The van der Waals surface area contributed by atoms with Gasteiger partial charge in [0.05, 0.1) is 6.04 Å². The molecule has 0 spiro atoms. The van der Waals surface area contributed by atoms with Crippen molar-refractivity contribution in [3.63, 3.8) is 0 Å². The van der Waals surface area contributed by atoms with E-state index in [1.807, 2.05) is 25.1 Å². The molecular weight excluding hydrogens is 278 g/mol. The molecule has 1 aromatic carbocycles. The fraction of sp³-hybridized carbons (Fsp3) is 0.611. The normalized spacial score (nSPS) is 19.0. The Morgan fingerprint density at radius 1 is 1.23 bits per heavy atom. The van der Waals surface area contributed by atoms with Crippen molar-refractivity contribution in [3.05, 3.63) is 23.8 Å². The highest BCUT2D eigenvalue weighted by Crippen LogP contribution is 2.32. The number of benzene rings is 1. The minimum absolute atomic E-state index is 0.00750. The molecular formula is C18H25NO3. The number of hydrogen-bond donors (Lipinski definition) is 1. The Kier molecular flexibility index (Phi) is 4.86. The summed E-state index contributed by atoms with van der Waals surface area (Å²) < 4.78 is 11.1. The number of amides is 1. The number of fused-ring (bicyclic) bond motifs is 1. The smallest absolute Gasteiger partial charge is 0.220 e. The summed E-state index contributed by atoms with van der Waals surface area (Å²) in [5.74, 6) is 2.47. The summed E-state index contributed by atoms with van der Waals surface area (Å²) >= 11 is 0. The van der Waals surface area contributed by atoms with Gasteiger partial charge in [0.15, 0.2) is 11.5 Å². The van der Waals surface area contributed by atoms with Crippen molar-refractivity contribution in [2.24, 2.45) is 5.92 Å². The van der Waals surface area contributed by atoms with Gasteiger partial charge in [0.1, 0.15) is 13.2 Å². The molecule has 120 valence electrons. The van der Waals surface area contributed by atoms with E-state index in [1.54, 1.807) is 0 Å². The molecule has 1 aliphatic heterocycles. The number of nitrogens with one attached hydrogen (secondary N) is 1. The highest BCUT2D eigenvalue weighted by Gasteiger charge is 2.18. The van der Waals surface area contributed by atoms with E-state index in [4.69, 9.17) is 9.47 Å². The van der Waals surface area contributed by atoms with Crippen LogP contribution in [-0.4, -0.2) is 19.1 Å². The molecule has 1 aliphatic carbocycles. The molecule has 0 saturated heterocycles. The van der Waals surface area contributed by atoms with Crippen LogP contribution in [0, 0.1) is 5.92 Å². The van der Waals surface area contributed by atoms with E-state index >= 15 is 0 Å². The van der Waals surface area contributed by atoms with E-state index in [1.165, 1.54) is 25.7 Å².